The molecule has 0 aliphatic carbocycles. The number of carbonyl (C=O) groups is 1. The molecule has 0 radical (unpaired) electrons. The molecule has 18 heavy (non-hydrogen) atoms. The second-order valence-electron chi connectivity index (χ2n) is 5.33. The fourth-order valence-electron chi connectivity index (χ4n) is 3.07. The first-order valence-electron chi connectivity index (χ1n) is 7.06. The molecule has 0 aromatic rings. The van der Waals surface area contributed by atoms with Crippen molar-refractivity contribution in [2.24, 2.45) is 11.7 Å². The highest BCUT2D eigenvalue weighted by molar-refractivity contribution is 5.77. The van der Waals surface area contributed by atoms with Crippen molar-refractivity contribution in [2.75, 3.05) is 32.8 Å². The molecule has 1 amide bonds. The summed E-state index contributed by atoms with van der Waals surface area (Å²) in [5, 5.41) is 3.11. The van der Waals surface area contributed by atoms with E-state index in [-0.39, 0.29) is 12.0 Å². The van der Waals surface area contributed by atoms with Gasteiger partial charge in [0.15, 0.2) is 0 Å². The van der Waals surface area contributed by atoms with E-state index in [9.17, 15) is 4.79 Å². The summed E-state index contributed by atoms with van der Waals surface area (Å²) in [6.07, 6.45) is 2.90. The molecule has 0 saturated carbocycles. The van der Waals surface area contributed by atoms with Gasteiger partial charge < -0.3 is 20.7 Å². The molecule has 0 aromatic carbocycles. The highest BCUT2D eigenvalue weighted by Crippen LogP contribution is 2.25. The number of hydrogen-bond acceptors (Lipinski definition) is 4. The maximum atomic E-state index is 11.3. The van der Waals surface area contributed by atoms with E-state index in [1.54, 1.807) is 0 Å². The van der Waals surface area contributed by atoms with Crippen LogP contribution >= 0.6 is 0 Å². The molecule has 0 aromatic heterocycles. The lowest BCUT2D eigenvalue weighted by Gasteiger charge is -2.42. The van der Waals surface area contributed by atoms with Gasteiger partial charge in [0.05, 0.1) is 6.10 Å². The third-order valence-electron chi connectivity index (χ3n) is 4.03. The number of piperidine rings is 2. The van der Waals surface area contributed by atoms with Gasteiger partial charge in [0.25, 0.3) is 0 Å². The van der Waals surface area contributed by atoms with Crippen LogP contribution in [0, 0.1) is 5.92 Å². The fraction of sp³-hybridized carbons (Fsp3) is 0.923. The van der Waals surface area contributed by atoms with Crippen LogP contribution in [0.2, 0.25) is 0 Å². The molecule has 2 fully saturated rings. The van der Waals surface area contributed by atoms with Gasteiger partial charge in [0.2, 0.25) is 5.91 Å². The Morgan fingerprint density at radius 3 is 3.11 bits per heavy atom. The van der Waals surface area contributed by atoms with Crippen molar-refractivity contribution in [2.45, 2.75) is 38.3 Å². The first kappa shape index (κ1) is 13.8. The van der Waals surface area contributed by atoms with E-state index in [2.05, 4.69) is 10.2 Å². The number of nitrogens with zero attached hydrogens (tertiary/aromatic N) is 1. The number of amides is 1. The molecule has 2 aliphatic heterocycles. The van der Waals surface area contributed by atoms with E-state index in [1.165, 1.54) is 0 Å². The molecule has 3 unspecified atom stereocenters. The molecule has 3 atom stereocenters. The Morgan fingerprint density at radius 2 is 2.39 bits per heavy atom. The highest BCUT2D eigenvalue weighted by Gasteiger charge is 2.34. The third kappa shape index (κ3) is 3.43. The second kappa shape index (κ2) is 6.50. The number of carbonyl (C=O) groups excluding carboxylic acids is 1. The van der Waals surface area contributed by atoms with Gasteiger partial charge in [-0.3, -0.25) is 4.79 Å². The third-order valence-corrected chi connectivity index (χ3v) is 4.03. The molecule has 2 saturated heterocycles. The summed E-state index contributed by atoms with van der Waals surface area (Å²) in [6.45, 7) is 6.32. The summed E-state index contributed by atoms with van der Waals surface area (Å²) in [4.78, 5) is 13.8. The Balaban J connectivity index is 1.81. The van der Waals surface area contributed by atoms with Gasteiger partial charge in [-0.25, -0.2) is 0 Å². The number of fused-ring (bicyclic) bond motifs is 1. The smallest absolute Gasteiger partial charge is 0.220 e. The van der Waals surface area contributed by atoms with Crippen LogP contribution in [-0.4, -0.2) is 55.7 Å². The average molecular weight is 255 g/mol. The van der Waals surface area contributed by atoms with Crippen LogP contribution in [0.3, 0.4) is 0 Å². The number of likely N-dealkylation sites (tertiary alicyclic amines) is 1. The van der Waals surface area contributed by atoms with Gasteiger partial charge >= 0.3 is 0 Å². The van der Waals surface area contributed by atoms with Crippen molar-refractivity contribution < 1.29 is 9.53 Å². The van der Waals surface area contributed by atoms with Crippen molar-refractivity contribution in [3.63, 3.8) is 0 Å². The standard InChI is InChI=1S/C13H25N3O2/c1-2-18-11(7-14)9-16-6-5-12-10(8-16)3-4-13(17)15-12/h10-12H,2-9,14H2,1H3,(H,15,17). The molecule has 104 valence electrons. The van der Waals surface area contributed by atoms with Crippen LogP contribution in [0.4, 0.5) is 0 Å². The van der Waals surface area contributed by atoms with E-state index in [0.717, 1.165) is 39.1 Å². The second-order valence-corrected chi connectivity index (χ2v) is 5.33. The molecule has 2 rings (SSSR count). The van der Waals surface area contributed by atoms with Crippen LogP contribution in [0.15, 0.2) is 0 Å². The minimum atomic E-state index is 0.143. The van der Waals surface area contributed by atoms with E-state index in [4.69, 9.17) is 10.5 Å². The summed E-state index contributed by atoms with van der Waals surface area (Å²) in [5.41, 5.74) is 5.72. The summed E-state index contributed by atoms with van der Waals surface area (Å²) in [7, 11) is 0. The number of rotatable bonds is 5. The SMILES string of the molecule is CCOC(CN)CN1CCC2NC(=O)CCC2C1. The minimum Gasteiger partial charge on any atom is -0.376 e. The quantitative estimate of drug-likeness (QED) is 0.723. The molecule has 2 heterocycles. The Kier molecular flexibility index (Phi) is 4.97. The van der Waals surface area contributed by atoms with Crippen LogP contribution in [0.1, 0.15) is 26.2 Å². The van der Waals surface area contributed by atoms with Gasteiger partial charge in [0, 0.05) is 45.2 Å². The monoisotopic (exact) mass is 255 g/mol. The van der Waals surface area contributed by atoms with Gasteiger partial charge in [-0.15, -0.1) is 0 Å². The summed E-state index contributed by atoms with van der Waals surface area (Å²) < 4.78 is 5.61. The summed E-state index contributed by atoms with van der Waals surface area (Å²) in [6, 6.07) is 0.394. The lowest BCUT2D eigenvalue weighted by atomic mass is 9.85. The average Bonchev–Trinajstić information content (AvgIpc) is 2.38. The minimum absolute atomic E-state index is 0.143. The number of hydrogen-bond donors (Lipinski definition) is 2. The molecule has 0 bridgehead atoms. The maximum absolute atomic E-state index is 11.3. The maximum Gasteiger partial charge on any atom is 0.220 e. The first-order valence-corrected chi connectivity index (χ1v) is 7.06. The number of ether oxygens (including phenoxy) is 1. The molecule has 5 heteroatoms. The first-order chi connectivity index (χ1) is 8.72. The van der Waals surface area contributed by atoms with Crippen molar-refractivity contribution in [3.05, 3.63) is 0 Å². The van der Waals surface area contributed by atoms with E-state index >= 15 is 0 Å². The summed E-state index contributed by atoms with van der Waals surface area (Å²) in [5.74, 6) is 0.829. The normalized spacial score (nSPS) is 30.7. The van der Waals surface area contributed by atoms with Crippen molar-refractivity contribution in [1.29, 1.82) is 0 Å². The lowest BCUT2D eigenvalue weighted by molar-refractivity contribution is -0.125. The van der Waals surface area contributed by atoms with Gasteiger partial charge in [0.1, 0.15) is 0 Å². The van der Waals surface area contributed by atoms with Crippen molar-refractivity contribution >= 4 is 5.91 Å². The van der Waals surface area contributed by atoms with E-state index in [1.807, 2.05) is 6.92 Å². The Bertz CT molecular complexity index is 285. The van der Waals surface area contributed by atoms with Crippen LogP contribution in [0.25, 0.3) is 0 Å². The number of nitrogens with two attached hydrogens (primary N) is 1. The molecule has 2 aliphatic rings. The zero-order chi connectivity index (χ0) is 13.0. The topological polar surface area (TPSA) is 67.6 Å². The van der Waals surface area contributed by atoms with E-state index in [0.29, 0.717) is 24.9 Å². The Morgan fingerprint density at radius 1 is 1.56 bits per heavy atom. The van der Waals surface area contributed by atoms with Gasteiger partial charge in [-0.2, -0.15) is 0 Å². The summed E-state index contributed by atoms with van der Waals surface area (Å²) >= 11 is 0. The molecule has 0 spiro atoms. The molecule has 3 N–H and O–H groups in total. The largest absolute Gasteiger partial charge is 0.376 e. The van der Waals surface area contributed by atoms with Crippen LogP contribution < -0.4 is 11.1 Å². The predicted octanol–water partition coefficient (Wildman–Crippen LogP) is -0.0493. The van der Waals surface area contributed by atoms with Crippen molar-refractivity contribution in [1.82, 2.24) is 10.2 Å². The highest BCUT2D eigenvalue weighted by atomic mass is 16.5. The molecular formula is C13H25N3O2. The Hall–Kier alpha value is -0.650. The number of nitrogens with one attached hydrogen (secondary N) is 1. The fourth-order valence-corrected chi connectivity index (χ4v) is 3.07. The molecular weight excluding hydrogens is 230 g/mol. The zero-order valence-electron chi connectivity index (χ0n) is 11.2. The van der Waals surface area contributed by atoms with Gasteiger partial charge in [-0.1, -0.05) is 0 Å². The van der Waals surface area contributed by atoms with E-state index < -0.39 is 0 Å². The lowest BCUT2D eigenvalue weighted by Crippen LogP contribution is -2.55. The Labute approximate surface area is 109 Å². The van der Waals surface area contributed by atoms with Gasteiger partial charge in [-0.05, 0) is 25.7 Å². The predicted molar refractivity (Wildman–Crippen MR) is 70.2 cm³/mol. The van der Waals surface area contributed by atoms with Crippen molar-refractivity contribution in [3.8, 4) is 0 Å². The van der Waals surface area contributed by atoms with Crippen LogP contribution in [0.5, 0.6) is 0 Å². The zero-order valence-corrected chi connectivity index (χ0v) is 11.2. The molecule has 5 nitrogen and oxygen atoms in total. The van der Waals surface area contributed by atoms with Crippen LogP contribution in [-0.2, 0) is 9.53 Å².